The summed E-state index contributed by atoms with van der Waals surface area (Å²) >= 11 is 0. The van der Waals surface area contributed by atoms with E-state index in [9.17, 15) is 23.3 Å². The van der Waals surface area contributed by atoms with Crippen LogP contribution in [-0.4, -0.2) is 41.3 Å². The molecule has 1 aliphatic heterocycles. The van der Waals surface area contributed by atoms with Crippen LogP contribution in [0, 0.1) is 24.0 Å². The van der Waals surface area contributed by atoms with Gasteiger partial charge in [0, 0.05) is 12.6 Å². The van der Waals surface area contributed by atoms with Crippen LogP contribution in [0.3, 0.4) is 0 Å². The number of nitro benzene ring substituents is 1. The number of carbonyl (C=O) groups is 1. The summed E-state index contributed by atoms with van der Waals surface area (Å²) in [5.74, 6) is -1.24. The molecule has 0 saturated carbocycles. The largest absolute Gasteiger partial charge is 0.480 e. The molecular formula is C13H16N2O6S. The number of aliphatic carboxylic acids is 1. The van der Waals surface area contributed by atoms with E-state index in [2.05, 4.69) is 0 Å². The molecule has 1 N–H and O–H groups in total. The van der Waals surface area contributed by atoms with Crippen LogP contribution in [0.5, 0.6) is 0 Å². The Hall–Kier alpha value is -2.00. The van der Waals surface area contributed by atoms with Crippen LogP contribution in [0.15, 0.2) is 17.0 Å². The molecule has 0 unspecified atom stereocenters. The van der Waals surface area contributed by atoms with Gasteiger partial charge in [-0.15, -0.1) is 0 Å². The summed E-state index contributed by atoms with van der Waals surface area (Å²) in [6.07, 6.45) is 0.613. The van der Waals surface area contributed by atoms with Crippen molar-refractivity contribution in [2.75, 3.05) is 6.54 Å². The molecule has 0 radical (unpaired) electrons. The van der Waals surface area contributed by atoms with E-state index in [1.807, 2.05) is 0 Å². The van der Waals surface area contributed by atoms with Crippen molar-refractivity contribution in [1.82, 2.24) is 4.31 Å². The Labute approximate surface area is 127 Å². The normalized spacial score (nSPS) is 19.3. The number of sulfonamides is 1. The molecule has 0 bridgehead atoms. The van der Waals surface area contributed by atoms with Crippen LogP contribution < -0.4 is 0 Å². The molecule has 0 spiro atoms. The zero-order valence-electron chi connectivity index (χ0n) is 12.1. The van der Waals surface area contributed by atoms with Crippen molar-refractivity contribution in [2.24, 2.45) is 0 Å². The SMILES string of the molecule is Cc1ccc([N+](=O)[O-])c(S(=O)(=O)N2CCC[C@@H]2C(=O)O)c1C. The lowest BCUT2D eigenvalue weighted by Crippen LogP contribution is -2.40. The van der Waals surface area contributed by atoms with Gasteiger partial charge in [0.25, 0.3) is 15.7 Å². The van der Waals surface area contributed by atoms with Gasteiger partial charge >= 0.3 is 5.97 Å². The summed E-state index contributed by atoms with van der Waals surface area (Å²) in [4.78, 5) is 21.2. The predicted molar refractivity (Wildman–Crippen MR) is 77.1 cm³/mol. The third-order valence-electron chi connectivity index (χ3n) is 3.91. The lowest BCUT2D eigenvalue weighted by molar-refractivity contribution is -0.388. The van der Waals surface area contributed by atoms with E-state index in [0.29, 0.717) is 12.0 Å². The molecule has 1 saturated heterocycles. The van der Waals surface area contributed by atoms with Crippen molar-refractivity contribution < 1.29 is 23.2 Å². The van der Waals surface area contributed by atoms with E-state index in [1.54, 1.807) is 6.92 Å². The van der Waals surface area contributed by atoms with E-state index >= 15 is 0 Å². The molecule has 1 aromatic rings. The van der Waals surface area contributed by atoms with E-state index in [1.165, 1.54) is 13.0 Å². The molecule has 0 aromatic heterocycles. The monoisotopic (exact) mass is 328 g/mol. The minimum atomic E-state index is -4.25. The van der Waals surface area contributed by atoms with Crippen LogP contribution in [-0.2, 0) is 14.8 Å². The van der Waals surface area contributed by atoms with Gasteiger partial charge in [-0.3, -0.25) is 14.9 Å². The quantitative estimate of drug-likeness (QED) is 0.660. The lowest BCUT2D eigenvalue weighted by Gasteiger charge is -2.22. The topological polar surface area (TPSA) is 118 Å². The van der Waals surface area contributed by atoms with Gasteiger partial charge in [0.2, 0.25) is 0 Å². The third kappa shape index (κ3) is 2.57. The first-order valence-electron chi connectivity index (χ1n) is 6.67. The van der Waals surface area contributed by atoms with Gasteiger partial charge in [-0.25, -0.2) is 8.42 Å². The first-order chi connectivity index (χ1) is 10.2. The Kier molecular flexibility index (Phi) is 4.21. The molecule has 8 nitrogen and oxygen atoms in total. The van der Waals surface area contributed by atoms with Crippen molar-refractivity contribution >= 4 is 21.7 Å². The molecular weight excluding hydrogens is 312 g/mol. The number of carboxylic acid groups (broad SMARTS) is 1. The highest BCUT2D eigenvalue weighted by Crippen LogP contribution is 2.34. The Morgan fingerprint density at radius 1 is 1.41 bits per heavy atom. The van der Waals surface area contributed by atoms with Crippen LogP contribution in [0.25, 0.3) is 0 Å². The van der Waals surface area contributed by atoms with Crippen molar-refractivity contribution in [2.45, 2.75) is 37.6 Å². The summed E-state index contributed by atoms with van der Waals surface area (Å²) in [5, 5.41) is 20.3. The van der Waals surface area contributed by atoms with Crippen LogP contribution in [0.2, 0.25) is 0 Å². The number of carboxylic acids is 1. The van der Waals surface area contributed by atoms with Gasteiger partial charge in [-0.1, -0.05) is 6.07 Å². The number of nitro groups is 1. The van der Waals surface area contributed by atoms with Gasteiger partial charge in [0.1, 0.15) is 6.04 Å². The molecule has 9 heteroatoms. The maximum atomic E-state index is 12.8. The number of hydrogen-bond acceptors (Lipinski definition) is 5. The standard InChI is InChI=1S/C13H16N2O6S/c1-8-5-6-10(15(18)19)12(9(8)2)22(20,21)14-7-3-4-11(14)13(16)17/h5-6,11H,3-4,7H2,1-2H3,(H,16,17)/t11-/m1/s1. The van der Waals surface area contributed by atoms with Crippen LogP contribution in [0.1, 0.15) is 24.0 Å². The summed E-state index contributed by atoms with van der Waals surface area (Å²) < 4.78 is 26.5. The fraction of sp³-hybridized carbons (Fsp3) is 0.462. The molecule has 22 heavy (non-hydrogen) atoms. The molecule has 1 fully saturated rings. The second-order valence-corrected chi connectivity index (χ2v) is 7.05. The number of nitrogens with zero attached hydrogens (tertiary/aromatic N) is 2. The van der Waals surface area contributed by atoms with Gasteiger partial charge < -0.3 is 5.11 Å². The van der Waals surface area contributed by atoms with Crippen LogP contribution in [0.4, 0.5) is 5.69 Å². The average molecular weight is 328 g/mol. The fourth-order valence-corrected chi connectivity index (χ4v) is 4.73. The zero-order chi connectivity index (χ0) is 16.7. The van der Waals surface area contributed by atoms with Crippen molar-refractivity contribution in [3.05, 3.63) is 33.4 Å². The minimum absolute atomic E-state index is 0.0455. The third-order valence-corrected chi connectivity index (χ3v) is 5.99. The first kappa shape index (κ1) is 16.4. The maximum absolute atomic E-state index is 12.8. The molecule has 1 aromatic carbocycles. The fourth-order valence-electron chi connectivity index (χ4n) is 2.64. The summed E-state index contributed by atoms with van der Waals surface area (Å²) in [6.45, 7) is 3.18. The Balaban J connectivity index is 2.66. The average Bonchev–Trinajstić information content (AvgIpc) is 2.91. The van der Waals surface area contributed by atoms with E-state index in [0.717, 1.165) is 10.4 Å². The number of benzene rings is 1. The molecule has 1 aliphatic rings. The van der Waals surface area contributed by atoms with Crippen molar-refractivity contribution in [3.63, 3.8) is 0 Å². The highest BCUT2D eigenvalue weighted by molar-refractivity contribution is 7.89. The lowest BCUT2D eigenvalue weighted by atomic mass is 10.1. The van der Waals surface area contributed by atoms with E-state index in [-0.39, 0.29) is 18.5 Å². The van der Waals surface area contributed by atoms with Gasteiger partial charge in [-0.05, 0) is 37.8 Å². The van der Waals surface area contributed by atoms with Gasteiger partial charge in [-0.2, -0.15) is 4.31 Å². The maximum Gasteiger partial charge on any atom is 0.322 e. The highest BCUT2D eigenvalue weighted by atomic mass is 32.2. The molecule has 120 valence electrons. The van der Waals surface area contributed by atoms with E-state index in [4.69, 9.17) is 5.11 Å². The second kappa shape index (κ2) is 5.65. The molecule has 1 heterocycles. The Bertz CT molecular complexity index is 743. The van der Waals surface area contributed by atoms with Gasteiger partial charge in [0.15, 0.2) is 4.90 Å². The molecule has 0 aliphatic carbocycles. The number of hydrogen-bond donors (Lipinski definition) is 1. The molecule has 2 rings (SSSR count). The van der Waals surface area contributed by atoms with E-state index < -0.39 is 37.5 Å². The van der Waals surface area contributed by atoms with Crippen molar-refractivity contribution in [3.8, 4) is 0 Å². The van der Waals surface area contributed by atoms with Crippen molar-refractivity contribution in [1.29, 1.82) is 0 Å². The first-order valence-corrected chi connectivity index (χ1v) is 8.11. The second-order valence-electron chi connectivity index (χ2n) is 5.22. The number of rotatable bonds is 4. The minimum Gasteiger partial charge on any atom is -0.480 e. The predicted octanol–water partition coefficient (Wildman–Crippen LogP) is 1.45. The summed E-state index contributed by atoms with van der Waals surface area (Å²) in [6, 6.07) is 1.44. The number of aryl methyl sites for hydroxylation is 1. The molecule has 0 amide bonds. The van der Waals surface area contributed by atoms with Crippen LogP contribution >= 0.6 is 0 Å². The molecule has 1 atom stereocenters. The smallest absolute Gasteiger partial charge is 0.322 e. The Morgan fingerprint density at radius 3 is 2.59 bits per heavy atom. The van der Waals surface area contributed by atoms with Gasteiger partial charge in [0.05, 0.1) is 4.92 Å². The zero-order valence-corrected chi connectivity index (χ0v) is 13.0. The summed E-state index contributed by atoms with van der Waals surface area (Å²) in [7, 11) is -4.25. The highest BCUT2D eigenvalue weighted by Gasteiger charge is 2.43. The Morgan fingerprint density at radius 2 is 2.05 bits per heavy atom. The summed E-state index contributed by atoms with van der Waals surface area (Å²) in [5.41, 5.74) is 0.333.